The third-order valence-electron chi connectivity index (χ3n) is 4.52. The molecular formula is C18H23ClN4. The molecule has 2 aromatic rings. The van der Waals surface area contributed by atoms with Crippen molar-refractivity contribution >= 4 is 17.8 Å². The van der Waals surface area contributed by atoms with Crippen molar-refractivity contribution in [3.63, 3.8) is 0 Å². The van der Waals surface area contributed by atoms with E-state index in [2.05, 4.69) is 24.0 Å². The molecule has 23 heavy (non-hydrogen) atoms. The zero-order valence-corrected chi connectivity index (χ0v) is 14.7. The standard InChI is InChI=1S/C18H23ClN4/c1-13-8-7-9-14(2)22(13)20-12-17-15(3)21-23(18(17)19)16-10-5-4-6-11-16/h4-6,10-14H,7-9H2,1-3H3/b20-12-/t13-,14+. The molecule has 1 aliphatic heterocycles. The molecular weight excluding hydrogens is 308 g/mol. The number of rotatable bonds is 3. The van der Waals surface area contributed by atoms with Crippen LogP contribution in [0.1, 0.15) is 44.4 Å². The number of para-hydroxylation sites is 1. The third kappa shape index (κ3) is 3.27. The second-order valence-corrected chi connectivity index (χ2v) is 6.65. The molecule has 0 N–H and O–H groups in total. The molecule has 1 aromatic heterocycles. The fraction of sp³-hybridized carbons (Fsp3) is 0.444. The molecule has 0 aliphatic carbocycles. The minimum Gasteiger partial charge on any atom is -0.292 e. The van der Waals surface area contributed by atoms with E-state index < -0.39 is 0 Å². The molecule has 0 spiro atoms. The molecule has 0 amide bonds. The Balaban J connectivity index is 1.89. The summed E-state index contributed by atoms with van der Waals surface area (Å²) in [5, 5.41) is 12.1. The minimum atomic E-state index is 0.471. The van der Waals surface area contributed by atoms with E-state index in [0.29, 0.717) is 17.2 Å². The van der Waals surface area contributed by atoms with Gasteiger partial charge in [-0.3, -0.25) is 5.01 Å². The van der Waals surface area contributed by atoms with Gasteiger partial charge in [0.25, 0.3) is 0 Å². The minimum absolute atomic E-state index is 0.471. The van der Waals surface area contributed by atoms with E-state index in [1.165, 1.54) is 19.3 Å². The second kappa shape index (κ2) is 6.75. The van der Waals surface area contributed by atoms with Crippen molar-refractivity contribution in [1.29, 1.82) is 0 Å². The lowest BCUT2D eigenvalue weighted by Gasteiger charge is -2.36. The van der Waals surface area contributed by atoms with Gasteiger partial charge in [0.15, 0.2) is 0 Å². The van der Waals surface area contributed by atoms with Gasteiger partial charge >= 0.3 is 0 Å². The van der Waals surface area contributed by atoms with Gasteiger partial charge in [0, 0.05) is 12.1 Å². The fourth-order valence-corrected chi connectivity index (χ4v) is 3.48. The average molecular weight is 331 g/mol. The molecule has 2 heterocycles. The highest BCUT2D eigenvalue weighted by Gasteiger charge is 2.23. The maximum Gasteiger partial charge on any atom is 0.142 e. The van der Waals surface area contributed by atoms with Gasteiger partial charge in [-0.15, -0.1) is 0 Å². The van der Waals surface area contributed by atoms with Crippen molar-refractivity contribution in [2.75, 3.05) is 0 Å². The summed E-state index contributed by atoms with van der Waals surface area (Å²) in [6.07, 6.45) is 5.53. The largest absolute Gasteiger partial charge is 0.292 e. The van der Waals surface area contributed by atoms with Crippen LogP contribution in [-0.2, 0) is 0 Å². The van der Waals surface area contributed by atoms with Crippen LogP contribution in [0.3, 0.4) is 0 Å². The number of hydrazone groups is 1. The number of nitrogens with zero attached hydrogens (tertiary/aromatic N) is 4. The second-order valence-electron chi connectivity index (χ2n) is 6.29. The van der Waals surface area contributed by atoms with Crippen LogP contribution in [0.4, 0.5) is 0 Å². The predicted octanol–water partition coefficient (Wildman–Crippen LogP) is 4.43. The Morgan fingerprint density at radius 3 is 2.48 bits per heavy atom. The number of hydrogen-bond acceptors (Lipinski definition) is 3. The first-order valence-corrected chi connectivity index (χ1v) is 8.58. The van der Waals surface area contributed by atoms with Gasteiger partial charge in [0.1, 0.15) is 5.15 Å². The number of aromatic nitrogens is 2. The Morgan fingerprint density at radius 2 is 1.83 bits per heavy atom. The first kappa shape index (κ1) is 16.1. The summed E-state index contributed by atoms with van der Waals surface area (Å²) in [6, 6.07) is 10.9. The van der Waals surface area contributed by atoms with Crippen LogP contribution in [0.2, 0.25) is 5.15 Å². The zero-order valence-electron chi connectivity index (χ0n) is 13.9. The van der Waals surface area contributed by atoms with E-state index in [-0.39, 0.29) is 0 Å². The lowest BCUT2D eigenvalue weighted by atomic mass is 10.00. The van der Waals surface area contributed by atoms with Gasteiger partial charge in [0.2, 0.25) is 0 Å². The van der Waals surface area contributed by atoms with E-state index in [1.807, 2.05) is 43.5 Å². The van der Waals surface area contributed by atoms with Crippen LogP contribution in [0.25, 0.3) is 5.69 Å². The average Bonchev–Trinajstić information content (AvgIpc) is 2.83. The van der Waals surface area contributed by atoms with E-state index in [4.69, 9.17) is 16.7 Å². The summed E-state index contributed by atoms with van der Waals surface area (Å²) in [7, 11) is 0. The molecule has 0 saturated carbocycles. The Kier molecular flexibility index (Phi) is 4.71. The molecule has 1 aliphatic rings. The first-order valence-electron chi connectivity index (χ1n) is 8.20. The maximum atomic E-state index is 6.55. The molecule has 0 unspecified atom stereocenters. The van der Waals surface area contributed by atoms with Gasteiger partial charge < -0.3 is 0 Å². The topological polar surface area (TPSA) is 33.4 Å². The van der Waals surface area contributed by atoms with Crippen molar-refractivity contribution in [1.82, 2.24) is 14.8 Å². The normalized spacial score (nSPS) is 22.0. The van der Waals surface area contributed by atoms with Gasteiger partial charge in [-0.05, 0) is 52.2 Å². The predicted molar refractivity (Wildman–Crippen MR) is 95.5 cm³/mol. The molecule has 0 radical (unpaired) electrons. The molecule has 4 nitrogen and oxygen atoms in total. The van der Waals surface area contributed by atoms with Crippen molar-refractivity contribution < 1.29 is 0 Å². The monoisotopic (exact) mass is 330 g/mol. The Hall–Kier alpha value is -1.81. The molecule has 2 atom stereocenters. The Morgan fingerprint density at radius 1 is 1.17 bits per heavy atom. The highest BCUT2D eigenvalue weighted by Crippen LogP contribution is 2.25. The molecule has 1 aromatic carbocycles. The van der Waals surface area contributed by atoms with Gasteiger partial charge in [0.05, 0.1) is 23.2 Å². The maximum absolute atomic E-state index is 6.55. The van der Waals surface area contributed by atoms with E-state index in [1.54, 1.807) is 4.68 Å². The molecule has 1 saturated heterocycles. The molecule has 122 valence electrons. The summed E-state index contributed by atoms with van der Waals surface area (Å²) in [5.41, 5.74) is 2.74. The van der Waals surface area contributed by atoms with Crippen molar-refractivity contribution in [2.24, 2.45) is 5.10 Å². The molecule has 0 bridgehead atoms. The lowest BCUT2D eigenvalue weighted by Crippen LogP contribution is -2.39. The zero-order chi connectivity index (χ0) is 16.4. The highest BCUT2D eigenvalue weighted by molar-refractivity contribution is 6.32. The SMILES string of the molecule is Cc1nn(-c2ccccc2)c(Cl)c1/C=N\N1[C@H](C)CCC[C@@H]1C. The van der Waals surface area contributed by atoms with Crippen LogP contribution in [0, 0.1) is 6.92 Å². The van der Waals surface area contributed by atoms with E-state index >= 15 is 0 Å². The van der Waals surface area contributed by atoms with Crippen LogP contribution >= 0.6 is 11.6 Å². The van der Waals surface area contributed by atoms with Gasteiger partial charge in [-0.1, -0.05) is 29.8 Å². The Labute approximate surface area is 142 Å². The van der Waals surface area contributed by atoms with Crippen LogP contribution in [-0.4, -0.2) is 33.1 Å². The molecule has 3 rings (SSSR count). The summed E-state index contributed by atoms with van der Waals surface area (Å²) in [6.45, 7) is 6.43. The third-order valence-corrected chi connectivity index (χ3v) is 4.88. The quantitative estimate of drug-likeness (QED) is 0.780. The smallest absolute Gasteiger partial charge is 0.142 e. The van der Waals surface area contributed by atoms with Gasteiger partial charge in [-0.2, -0.15) is 10.2 Å². The summed E-state index contributed by atoms with van der Waals surface area (Å²) < 4.78 is 1.77. The van der Waals surface area contributed by atoms with Crippen molar-refractivity contribution in [3.05, 3.63) is 46.7 Å². The number of benzene rings is 1. The number of hydrogen-bond donors (Lipinski definition) is 0. The number of aryl methyl sites for hydroxylation is 1. The Bertz CT molecular complexity index is 683. The summed E-state index contributed by atoms with van der Waals surface area (Å²) >= 11 is 6.55. The number of piperidine rings is 1. The summed E-state index contributed by atoms with van der Waals surface area (Å²) in [4.78, 5) is 0. The van der Waals surface area contributed by atoms with E-state index in [9.17, 15) is 0 Å². The van der Waals surface area contributed by atoms with Crippen LogP contribution in [0.15, 0.2) is 35.4 Å². The van der Waals surface area contributed by atoms with Crippen molar-refractivity contribution in [3.8, 4) is 5.69 Å². The van der Waals surface area contributed by atoms with Crippen molar-refractivity contribution in [2.45, 2.75) is 52.1 Å². The van der Waals surface area contributed by atoms with E-state index in [0.717, 1.165) is 16.9 Å². The molecule has 1 fully saturated rings. The fourth-order valence-electron chi connectivity index (χ4n) is 3.16. The van der Waals surface area contributed by atoms with Crippen LogP contribution < -0.4 is 0 Å². The highest BCUT2D eigenvalue weighted by atomic mass is 35.5. The lowest BCUT2D eigenvalue weighted by molar-refractivity contribution is 0.109. The summed E-state index contributed by atoms with van der Waals surface area (Å²) in [5.74, 6) is 0. The van der Waals surface area contributed by atoms with Gasteiger partial charge in [-0.25, -0.2) is 4.68 Å². The molecule has 5 heteroatoms. The first-order chi connectivity index (χ1) is 11.1. The van der Waals surface area contributed by atoms with Crippen LogP contribution in [0.5, 0.6) is 0 Å². The number of halogens is 1.